The Hall–Kier alpha value is -2.01. The number of hydrogen-bond donors (Lipinski definition) is 1. The van der Waals surface area contributed by atoms with Crippen molar-refractivity contribution in [2.24, 2.45) is 5.73 Å². The van der Waals surface area contributed by atoms with E-state index in [1.165, 1.54) is 11.8 Å². The fraction of sp³-hybridized carbons (Fsp3) is 0.214. The van der Waals surface area contributed by atoms with E-state index in [-0.39, 0.29) is 4.99 Å². The van der Waals surface area contributed by atoms with E-state index in [0.717, 1.165) is 12.8 Å². The molecule has 0 amide bonds. The van der Waals surface area contributed by atoms with E-state index in [1.54, 1.807) is 6.20 Å². The molecule has 98 valence electrons. The van der Waals surface area contributed by atoms with Crippen LogP contribution in [0, 0.1) is 0 Å². The Morgan fingerprint density at radius 3 is 2.53 bits per heavy atom. The van der Waals surface area contributed by atoms with Crippen LogP contribution in [0.1, 0.15) is 24.6 Å². The average Bonchev–Trinajstić information content (AvgIpc) is 2.42. The lowest BCUT2D eigenvalue weighted by Crippen LogP contribution is -2.13. The first-order valence-corrected chi connectivity index (χ1v) is 6.49. The minimum absolute atomic E-state index is 0.172. The summed E-state index contributed by atoms with van der Waals surface area (Å²) in [6.45, 7) is 2.15. The van der Waals surface area contributed by atoms with Crippen LogP contribution in [0.3, 0.4) is 0 Å². The summed E-state index contributed by atoms with van der Waals surface area (Å²) >= 11 is 4.92. The van der Waals surface area contributed by atoms with Crippen LogP contribution in [-0.4, -0.2) is 15.0 Å². The van der Waals surface area contributed by atoms with Gasteiger partial charge in [-0.15, -0.1) is 0 Å². The first-order chi connectivity index (χ1) is 9.20. The third-order valence-corrected chi connectivity index (χ3v) is 2.77. The van der Waals surface area contributed by atoms with Crippen LogP contribution in [-0.2, 0) is 6.42 Å². The minimum atomic E-state index is 0.172. The highest BCUT2D eigenvalue weighted by Gasteiger charge is 2.09. The topological polar surface area (TPSA) is 61.0 Å². The molecule has 19 heavy (non-hydrogen) atoms. The summed E-state index contributed by atoms with van der Waals surface area (Å²) < 4.78 is 5.66. The average molecular weight is 273 g/mol. The SMILES string of the molecule is CCCc1ccc(Oc2nccnc2C(N)=S)cc1. The van der Waals surface area contributed by atoms with Gasteiger partial charge in [-0.1, -0.05) is 37.7 Å². The standard InChI is InChI=1S/C14H15N3OS/c1-2-3-10-4-6-11(7-5-10)18-14-12(13(15)19)16-8-9-17-14/h4-9H,2-3H2,1H3,(H2,15,19). The maximum absolute atomic E-state index is 5.66. The highest BCUT2D eigenvalue weighted by Crippen LogP contribution is 2.22. The van der Waals surface area contributed by atoms with Crippen LogP contribution in [0.25, 0.3) is 0 Å². The second-order valence-corrected chi connectivity index (χ2v) is 4.51. The lowest BCUT2D eigenvalue weighted by atomic mass is 10.1. The van der Waals surface area contributed by atoms with E-state index in [0.29, 0.717) is 17.3 Å². The van der Waals surface area contributed by atoms with Crippen molar-refractivity contribution in [1.29, 1.82) is 0 Å². The van der Waals surface area contributed by atoms with Gasteiger partial charge in [-0.05, 0) is 24.1 Å². The van der Waals surface area contributed by atoms with Gasteiger partial charge in [-0.25, -0.2) is 9.97 Å². The van der Waals surface area contributed by atoms with Crippen molar-refractivity contribution in [1.82, 2.24) is 9.97 Å². The minimum Gasteiger partial charge on any atom is -0.437 e. The molecule has 0 aliphatic heterocycles. The molecule has 4 nitrogen and oxygen atoms in total. The number of aryl methyl sites for hydroxylation is 1. The number of ether oxygens (including phenoxy) is 1. The molecule has 0 unspecified atom stereocenters. The molecule has 2 aromatic rings. The third-order valence-electron chi connectivity index (χ3n) is 2.57. The lowest BCUT2D eigenvalue weighted by molar-refractivity contribution is 0.458. The Morgan fingerprint density at radius 1 is 1.21 bits per heavy atom. The highest BCUT2D eigenvalue weighted by atomic mass is 32.1. The van der Waals surface area contributed by atoms with Crippen LogP contribution in [0.2, 0.25) is 0 Å². The first-order valence-electron chi connectivity index (χ1n) is 6.08. The Labute approximate surface area is 117 Å². The van der Waals surface area contributed by atoms with Crippen LogP contribution < -0.4 is 10.5 Å². The molecule has 0 bridgehead atoms. The normalized spacial score (nSPS) is 10.2. The zero-order valence-corrected chi connectivity index (χ0v) is 11.5. The zero-order valence-electron chi connectivity index (χ0n) is 10.7. The predicted molar refractivity (Wildman–Crippen MR) is 78.4 cm³/mol. The molecule has 1 aromatic carbocycles. The summed E-state index contributed by atoms with van der Waals surface area (Å²) in [6.07, 6.45) is 5.26. The molecule has 2 N–H and O–H groups in total. The van der Waals surface area contributed by atoms with Gasteiger partial charge in [-0.2, -0.15) is 0 Å². The Bertz CT molecular complexity index is 569. The van der Waals surface area contributed by atoms with Crippen molar-refractivity contribution >= 4 is 17.2 Å². The van der Waals surface area contributed by atoms with E-state index in [4.69, 9.17) is 22.7 Å². The van der Waals surface area contributed by atoms with Gasteiger partial charge in [0.2, 0.25) is 5.88 Å². The molecule has 0 radical (unpaired) electrons. The number of nitrogens with two attached hydrogens (primary N) is 1. The molecule has 0 saturated carbocycles. The molecule has 2 rings (SSSR count). The summed E-state index contributed by atoms with van der Waals surface area (Å²) in [5.41, 5.74) is 7.26. The summed E-state index contributed by atoms with van der Waals surface area (Å²) in [5, 5.41) is 0. The maximum Gasteiger partial charge on any atom is 0.248 e. The lowest BCUT2D eigenvalue weighted by Gasteiger charge is -2.08. The van der Waals surface area contributed by atoms with Crippen molar-refractivity contribution in [2.45, 2.75) is 19.8 Å². The van der Waals surface area contributed by atoms with Gasteiger partial charge < -0.3 is 10.5 Å². The molecule has 0 fully saturated rings. The fourth-order valence-corrected chi connectivity index (χ4v) is 1.83. The second kappa shape index (κ2) is 6.24. The molecule has 0 spiro atoms. The summed E-state index contributed by atoms with van der Waals surface area (Å²) in [4.78, 5) is 8.34. The Morgan fingerprint density at radius 2 is 1.89 bits per heavy atom. The van der Waals surface area contributed by atoms with E-state index in [9.17, 15) is 0 Å². The molecule has 5 heteroatoms. The zero-order chi connectivity index (χ0) is 13.7. The van der Waals surface area contributed by atoms with Crippen molar-refractivity contribution in [2.75, 3.05) is 0 Å². The van der Waals surface area contributed by atoms with E-state index >= 15 is 0 Å². The van der Waals surface area contributed by atoms with Gasteiger partial charge in [0.05, 0.1) is 0 Å². The first kappa shape index (κ1) is 13.4. The molecular formula is C14H15N3OS. The van der Waals surface area contributed by atoms with Crippen molar-refractivity contribution in [3.05, 3.63) is 47.9 Å². The Balaban J connectivity index is 2.19. The van der Waals surface area contributed by atoms with E-state index < -0.39 is 0 Å². The number of nitrogens with zero attached hydrogens (tertiary/aromatic N) is 2. The third kappa shape index (κ3) is 3.48. The summed E-state index contributed by atoms with van der Waals surface area (Å²) in [7, 11) is 0. The number of aromatic nitrogens is 2. The molecule has 0 saturated heterocycles. The number of benzene rings is 1. The van der Waals surface area contributed by atoms with Crippen LogP contribution in [0.4, 0.5) is 0 Å². The predicted octanol–water partition coefficient (Wildman–Crippen LogP) is 2.86. The quantitative estimate of drug-likeness (QED) is 0.849. The molecule has 0 atom stereocenters. The molecule has 1 aromatic heterocycles. The van der Waals surface area contributed by atoms with Gasteiger partial charge in [0.15, 0.2) is 5.69 Å². The molecule has 0 aliphatic carbocycles. The van der Waals surface area contributed by atoms with Gasteiger partial charge in [0, 0.05) is 12.4 Å². The largest absolute Gasteiger partial charge is 0.437 e. The second-order valence-electron chi connectivity index (χ2n) is 4.07. The van der Waals surface area contributed by atoms with Gasteiger partial charge in [0.25, 0.3) is 0 Å². The number of thiocarbonyl (C=S) groups is 1. The Kier molecular flexibility index (Phi) is 4.41. The van der Waals surface area contributed by atoms with Crippen LogP contribution in [0.5, 0.6) is 11.6 Å². The van der Waals surface area contributed by atoms with E-state index in [1.807, 2.05) is 24.3 Å². The highest BCUT2D eigenvalue weighted by molar-refractivity contribution is 7.80. The smallest absolute Gasteiger partial charge is 0.248 e. The fourth-order valence-electron chi connectivity index (χ4n) is 1.69. The maximum atomic E-state index is 5.66. The van der Waals surface area contributed by atoms with Gasteiger partial charge >= 0.3 is 0 Å². The van der Waals surface area contributed by atoms with Gasteiger partial charge in [-0.3, -0.25) is 0 Å². The molecular weight excluding hydrogens is 258 g/mol. The van der Waals surface area contributed by atoms with E-state index in [2.05, 4.69) is 16.9 Å². The molecule has 0 aliphatic rings. The monoisotopic (exact) mass is 273 g/mol. The van der Waals surface area contributed by atoms with Crippen molar-refractivity contribution in [3.8, 4) is 11.6 Å². The van der Waals surface area contributed by atoms with Crippen molar-refractivity contribution < 1.29 is 4.74 Å². The van der Waals surface area contributed by atoms with Crippen LogP contribution >= 0.6 is 12.2 Å². The molecule has 1 heterocycles. The summed E-state index contributed by atoms with van der Waals surface area (Å²) in [5.74, 6) is 1.02. The number of hydrogen-bond acceptors (Lipinski definition) is 4. The van der Waals surface area contributed by atoms with Crippen molar-refractivity contribution in [3.63, 3.8) is 0 Å². The van der Waals surface area contributed by atoms with Gasteiger partial charge in [0.1, 0.15) is 10.7 Å². The number of rotatable bonds is 5. The van der Waals surface area contributed by atoms with Crippen LogP contribution in [0.15, 0.2) is 36.7 Å². The summed E-state index contributed by atoms with van der Waals surface area (Å²) in [6, 6.07) is 7.89.